The van der Waals surface area contributed by atoms with Gasteiger partial charge in [-0.15, -0.1) is 0 Å². The van der Waals surface area contributed by atoms with E-state index in [1.807, 2.05) is 0 Å². The summed E-state index contributed by atoms with van der Waals surface area (Å²) in [6.45, 7) is 0. The summed E-state index contributed by atoms with van der Waals surface area (Å²) in [5, 5.41) is 11.4. The first-order chi connectivity index (χ1) is 10.9. The van der Waals surface area contributed by atoms with Crippen LogP contribution in [0.1, 0.15) is 0 Å². The third-order valence-corrected chi connectivity index (χ3v) is 3.77. The number of halogens is 1. The highest BCUT2D eigenvalue weighted by Crippen LogP contribution is 2.34. The number of nitro benzene ring substituents is 1. The highest BCUT2D eigenvalue weighted by molar-refractivity contribution is 6.01. The second-order valence-electron chi connectivity index (χ2n) is 5.09. The number of hydrogen-bond acceptors (Lipinski definition) is 4. The Morgan fingerprint density at radius 1 is 1.22 bits per heavy atom. The Bertz CT molecular complexity index is 1010. The van der Waals surface area contributed by atoms with Gasteiger partial charge in [-0.25, -0.2) is 4.39 Å². The molecule has 3 aromatic rings. The lowest BCUT2D eigenvalue weighted by atomic mass is 9.98. The quantitative estimate of drug-likeness (QED) is 0.581. The molecule has 0 aliphatic heterocycles. The number of aromatic nitrogens is 1. The van der Waals surface area contributed by atoms with Gasteiger partial charge in [0.1, 0.15) is 11.5 Å². The lowest BCUT2D eigenvalue weighted by Crippen LogP contribution is -2.21. The van der Waals surface area contributed by atoms with Gasteiger partial charge in [0.05, 0.1) is 10.4 Å². The molecular formula is C16H12FN3O3. The van der Waals surface area contributed by atoms with E-state index in [4.69, 9.17) is 5.73 Å². The minimum Gasteiger partial charge on any atom is -0.394 e. The molecule has 0 fully saturated rings. The van der Waals surface area contributed by atoms with Crippen LogP contribution in [0.15, 0.2) is 47.3 Å². The molecule has 2 aromatic carbocycles. The highest BCUT2D eigenvalue weighted by Gasteiger charge is 2.19. The number of aryl methyl sites for hydroxylation is 1. The average molecular weight is 313 g/mol. The van der Waals surface area contributed by atoms with Crippen LogP contribution in [0.5, 0.6) is 0 Å². The molecule has 0 aliphatic carbocycles. The molecule has 23 heavy (non-hydrogen) atoms. The van der Waals surface area contributed by atoms with E-state index < -0.39 is 16.3 Å². The van der Waals surface area contributed by atoms with E-state index in [0.717, 1.165) is 0 Å². The zero-order chi connectivity index (χ0) is 16.7. The fraction of sp³-hybridized carbons (Fsp3) is 0.0625. The van der Waals surface area contributed by atoms with Gasteiger partial charge in [0.2, 0.25) is 0 Å². The van der Waals surface area contributed by atoms with Crippen molar-refractivity contribution in [1.82, 2.24) is 4.57 Å². The van der Waals surface area contributed by atoms with Crippen molar-refractivity contribution >= 4 is 22.3 Å². The molecule has 0 radical (unpaired) electrons. The minimum atomic E-state index is -0.555. The molecule has 2 N–H and O–H groups in total. The third kappa shape index (κ3) is 2.22. The van der Waals surface area contributed by atoms with Crippen LogP contribution in [0.3, 0.4) is 0 Å². The summed E-state index contributed by atoms with van der Waals surface area (Å²) in [5.41, 5.74) is 5.86. The normalized spacial score (nSPS) is 10.9. The second-order valence-corrected chi connectivity index (χ2v) is 5.09. The molecule has 0 aliphatic rings. The zero-order valence-corrected chi connectivity index (χ0v) is 12.1. The van der Waals surface area contributed by atoms with E-state index in [9.17, 15) is 19.3 Å². The number of nitrogen functional groups attached to an aromatic ring is 1. The zero-order valence-electron chi connectivity index (χ0n) is 12.1. The highest BCUT2D eigenvalue weighted by atomic mass is 19.1. The van der Waals surface area contributed by atoms with Gasteiger partial charge in [-0.05, 0) is 12.1 Å². The largest absolute Gasteiger partial charge is 0.394 e. The molecule has 0 unspecified atom stereocenters. The number of nitro groups is 1. The Morgan fingerprint density at radius 2 is 1.91 bits per heavy atom. The smallest absolute Gasteiger partial charge is 0.274 e. The first-order valence-corrected chi connectivity index (χ1v) is 6.73. The monoisotopic (exact) mass is 313 g/mol. The number of anilines is 1. The molecule has 0 spiro atoms. The Labute approximate surface area is 129 Å². The molecule has 116 valence electrons. The van der Waals surface area contributed by atoms with Gasteiger partial charge in [-0.3, -0.25) is 14.9 Å². The van der Waals surface area contributed by atoms with Crippen molar-refractivity contribution in [2.45, 2.75) is 0 Å². The number of rotatable bonds is 2. The van der Waals surface area contributed by atoms with Gasteiger partial charge in [0.15, 0.2) is 0 Å². The van der Waals surface area contributed by atoms with Crippen LogP contribution >= 0.6 is 0 Å². The molecule has 7 heteroatoms. The van der Waals surface area contributed by atoms with E-state index >= 15 is 0 Å². The van der Waals surface area contributed by atoms with E-state index in [2.05, 4.69) is 0 Å². The SMILES string of the molecule is Cn1c(=O)c(N)c(-c2ccccc2F)c2cc([N+](=O)[O-])ccc21. The molecule has 1 heterocycles. The molecule has 6 nitrogen and oxygen atoms in total. The fourth-order valence-corrected chi connectivity index (χ4v) is 2.63. The maximum Gasteiger partial charge on any atom is 0.274 e. The van der Waals surface area contributed by atoms with E-state index in [-0.39, 0.29) is 22.5 Å². The minimum absolute atomic E-state index is 0.133. The van der Waals surface area contributed by atoms with Crippen molar-refractivity contribution in [3.63, 3.8) is 0 Å². The van der Waals surface area contributed by atoms with Crippen molar-refractivity contribution in [3.8, 4) is 11.1 Å². The number of hydrogen-bond donors (Lipinski definition) is 1. The lowest BCUT2D eigenvalue weighted by Gasteiger charge is -2.14. The Hall–Kier alpha value is -3.22. The first kappa shape index (κ1) is 14.7. The van der Waals surface area contributed by atoms with Crippen molar-refractivity contribution in [2.24, 2.45) is 7.05 Å². The Morgan fingerprint density at radius 3 is 2.57 bits per heavy atom. The number of pyridine rings is 1. The molecule has 0 bridgehead atoms. The number of benzene rings is 2. The predicted octanol–water partition coefficient (Wildman–Crippen LogP) is 2.84. The number of nitrogens with two attached hydrogens (primary N) is 1. The van der Waals surface area contributed by atoms with Crippen molar-refractivity contribution < 1.29 is 9.31 Å². The molecule has 3 rings (SSSR count). The van der Waals surface area contributed by atoms with E-state index in [1.54, 1.807) is 6.07 Å². The van der Waals surface area contributed by atoms with Crippen LogP contribution in [0.2, 0.25) is 0 Å². The second kappa shape index (κ2) is 5.20. The molecular weight excluding hydrogens is 301 g/mol. The van der Waals surface area contributed by atoms with Gasteiger partial charge in [-0.2, -0.15) is 0 Å². The van der Waals surface area contributed by atoms with Gasteiger partial charge >= 0.3 is 0 Å². The lowest BCUT2D eigenvalue weighted by molar-refractivity contribution is -0.384. The average Bonchev–Trinajstić information content (AvgIpc) is 2.54. The van der Waals surface area contributed by atoms with Gasteiger partial charge in [-0.1, -0.05) is 18.2 Å². The summed E-state index contributed by atoms with van der Waals surface area (Å²) >= 11 is 0. The molecule has 0 atom stereocenters. The van der Waals surface area contributed by atoms with E-state index in [0.29, 0.717) is 10.9 Å². The van der Waals surface area contributed by atoms with Crippen LogP contribution in [-0.4, -0.2) is 9.49 Å². The summed E-state index contributed by atoms with van der Waals surface area (Å²) in [4.78, 5) is 22.8. The maximum absolute atomic E-state index is 14.2. The van der Waals surface area contributed by atoms with Gasteiger partial charge in [0, 0.05) is 35.7 Å². The number of fused-ring (bicyclic) bond motifs is 1. The summed E-state index contributed by atoms with van der Waals surface area (Å²) in [7, 11) is 1.51. The number of non-ortho nitro benzene ring substituents is 1. The summed E-state index contributed by atoms with van der Waals surface area (Å²) < 4.78 is 15.5. The summed E-state index contributed by atoms with van der Waals surface area (Å²) in [6, 6.07) is 9.90. The Kier molecular flexibility index (Phi) is 3.33. The third-order valence-electron chi connectivity index (χ3n) is 3.77. The molecule has 0 saturated carbocycles. The predicted molar refractivity (Wildman–Crippen MR) is 85.6 cm³/mol. The topological polar surface area (TPSA) is 91.2 Å². The van der Waals surface area contributed by atoms with Crippen LogP contribution in [-0.2, 0) is 7.05 Å². The van der Waals surface area contributed by atoms with Crippen LogP contribution in [0, 0.1) is 15.9 Å². The summed E-state index contributed by atoms with van der Waals surface area (Å²) in [6.07, 6.45) is 0. The van der Waals surface area contributed by atoms with Crippen molar-refractivity contribution in [2.75, 3.05) is 5.73 Å². The molecule has 0 amide bonds. The van der Waals surface area contributed by atoms with Crippen molar-refractivity contribution in [1.29, 1.82) is 0 Å². The standard InChI is InChI=1S/C16H12FN3O3/c1-19-13-7-6-9(20(22)23)8-11(13)14(15(18)16(19)21)10-4-2-3-5-12(10)17/h2-8H,18H2,1H3. The van der Waals surface area contributed by atoms with Gasteiger partial charge in [0.25, 0.3) is 11.2 Å². The molecule has 1 aromatic heterocycles. The van der Waals surface area contributed by atoms with Crippen LogP contribution < -0.4 is 11.3 Å². The van der Waals surface area contributed by atoms with Crippen LogP contribution in [0.25, 0.3) is 22.0 Å². The van der Waals surface area contributed by atoms with Crippen LogP contribution in [0.4, 0.5) is 15.8 Å². The summed E-state index contributed by atoms with van der Waals surface area (Å²) in [5.74, 6) is -0.555. The van der Waals surface area contributed by atoms with Gasteiger partial charge < -0.3 is 10.3 Å². The molecule has 0 saturated heterocycles. The van der Waals surface area contributed by atoms with E-state index in [1.165, 1.54) is 48.0 Å². The fourth-order valence-electron chi connectivity index (χ4n) is 2.63. The first-order valence-electron chi connectivity index (χ1n) is 6.73. The Balaban J connectivity index is 2.53. The maximum atomic E-state index is 14.2. The number of nitrogens with zero attached hydrogens (tertiary/aromatic N) is 2. The van der Waals surface area contributed by atoms with Crippen molar-refractivity contribution in [3.05, 3.63) is 68.7 Å².